The van der Waals surface area contributed by atoms with Gasteiger partial charge < -0.3 is 15.0 Å². The minimum atomic E-state index is 0.565. The van der Waals surface area contributed by atoms with Gasteiger partial charge in [-0.15, -0.1) is 0 Å². The van der Waals surface area contributed by atoms with Gasteiger partial charge in [0.15, 0.2) is 0 Å². The van der Waals surface area contributed by atoms with Gasteiger partial charge in [-0.2, -0.15) is 11.8 Å². The van der Waals surface area contributed by atoms with Gasteiger partial charge in [0.2, 0.25) is 0 Å². The van der Waals surface area contributed by atoms with E-state index in [9.17, 15) is 0 Å². The van der Waals surface area contributed by atoms with Crippen molar-refractivity contribution in [3.8, 4) is 5.75 Å². The molecule has 1 N–H and O–H groups in total. The molecule has 2 atom stereocenters. The number of thioether (sulfide) groups is 1. The van der Waals surface area contributed by atoms with Crippen LogP contribution < -0.4 is 10.1 Å². The molecule has 1 saturated heterocycles. The van der Waals surface area contributed by atoms with Crippen LogP contribution in [-0.4, -0.2) is 56.2 Å². The Balaban J connectivity index is 1.89. The number of hydrogen-bond acceptors (Lipinski definition) is 4. The Morgan fingerprint density at radius 3 is 2.75 bits per heavy atom. The second kappa shape index (κ2) is 7.91. The number of rotatable bonds is 6. The molecule has 1 aliphatic heterocycles. The van der Waals surface area contributed by atoms with Crippen molar-refractivity contribution in [2.75, 3.05) is 39.3 Å². The van der Waals surface area contributed by atoms with E-state index in [0.717, 1.165) is 12.2 Å². The molecule has 20 heavy (non-hydrogen) atoms. The lowest BCUT2D eigenvalue weighted by Gasteiger charge is -2.37. The smallest absolute Gasteiger partial charge is 0.118 e. The van der Waals surface area contributed by atoms with E-state index in [2.05, 4.69) is 48.2 Å². The Hall–Kier alpha value is -0.710. The predicted octanol–water partition coefficient (Wildman–Crippen LogP) is 2.26. The summed E-state index contributed by atoms with van der Waals surface area (Å²) in [6.07, 6.45) is 2.29. The average Bonchev–Trinajstić information content (AvgIpc) is 2.50. The molecular formula is C16H26N2OS. The fourth-order valence-electron chi connectivity index (χ4n) is 2.77. The molecule has 0 saturated carbocycles. The monoisotopic (exact) mass is 294 g/mol. The van der Waals surface area contributed by atoms with E-state index in [-0.39, 0.29) is 0 Å². The highest BCUT2D eigenvalue weighted by atomic mass is 32.2. The predicted molar refractivity (Wildman–Crippen MR) is 87.9 cm³/mol. The third-order valence-corrected chi connectivity index (χ3v) is 5.23. The Morgan fingerprint density at radius 1 is 1.40 bits per heavy atom. The van der Waals surface area contributed by atoms with Crippen LogP contribution in [-0.2, 0) is 6.42 Å². The number of hydrogen-bond donors (Lipinski definition) is 1. The minimum absolute atomic E-state index is 0.565. The molecule has 1 aromatic carbocycles. The van der Waals surface area contributed by atoms with Crippen molar-refractivity contribution in [2.45, 2.75) is 24.9 Å². The van der Waals surface area contributed by atoms with Gasteiger partial charge in [0.05, 0.1) is 7.11 Å². The van der Waals surface area contributed by atoms with Crippen molar-refractivity contribution in [3.05, 3.63) is 29.8 Å². The van der Waals surface area contributed by atoms with Crippen molar-refractivity contribution >= 4 is 11.8 Å². The maximum atomic E-state index is 5.20. The number of benzene rings is 1. The largest absolute Gasteiger partial charge is 0.497 e. The van der Waals surface area contributed by atoms with E-state index in [1.165, 1.54) is 30.0 Å². The van der Waals surface area contributed by atoms with E-state index in [0.29, 0.717) is 12.1 Å². The molecule has 2 unspecified atom stereocenters. The summed E-state index contributed by atoms with van der Waals surface area (Å²) in [6, 6.07) is 9.65. The zero-order chi connectivity index (χ0) is 14.4. The summed E-state index contributed by atoms with van der Waals surface area (Å²) in [7, 11) is 6.05. The Kier molecular flexibility index (Phi) is 6.20. The number of aryl methyl sites for hydroxylation is 1. The minimum Gasteiger partial charge on any atom is -0.497 e. The summed E-state index contributed by atoms with van der Waals surface area (Å²) >= 11 is 2.08. The molecule has 3 nitrogen and oxygen atoms in total. The number of ether oxygens (including phenoxy) is 1. The van der Waals surface area contributed by atoms with E-state index in [4.69, 9.17) is 4.74 Å². The van der Waals surface area contributed by atoms with Gasteiger partial charge in [0.25, 0.3) is 0 Å². The summed E-state index contributed by atoms with van der Waals surface area (Å²) in [5.41, 5.74) is 1.39. The van der Waals surface area contributed by atoms with Gasteiger partial charge >= 0.3 is 0 Å². The van der Waals surface area contributed by atoms with E-state index < -0.39 is 0 Å². The molecule has 1 aliphatic rings. The fourth-order valence-corrected chi connectivity index (χ4v) is 4.08. The van der Waals surface area contributed by atoms with Gasteiger partial charge in [-0.3, -0.25) is 0 Å². The SMILES string of the molecule is CNC(CCc1ccc(OC)cc1)C1CSCCN1C. The summed E-state index contributed by atoms with van der Waals surface area (Å²) < 4.78 is 5.20. The van der Waals surface area contributed by atoms with E-state index in [1.54, 1.807) is 7.11 Å². The van der Waals surface area contributed by atoms with Crippen LogP contribution in [0, 0.1) is 0 Å². The van der Waals surface area contributed by atoms with Crippen LogP contribution in [0.1, 0.15) is 12.0 Å². The molecule has 0 bridgehead atoms. The lowest BCUT2D eigenvalue weighted by atomic mass is 9.99. The van der Waals surface area contributed by atoms with Crippen LogP contribution in [0.5, 0.6) is 5.75 Å². The molecule has 1 aromatic rings. The quantitative estimate of drug-likeness (QED) is 0.870. The lowest BCUT2D eigenvalue weighted by Crippen LogP contribution is -2.52. The summed E-state index contributed by atoms with van der Waals surface area (Å²) in [5.74, 6) is 3.44. The molecule has 4 heteroatoms. The van der Waals surface area contributed by atoms with Crippen LogP contribution in [0.25, 0.3) is 0 Å². The second-order valence-corrected chi connectivity index (χ2v) is 6.55. The first-order valence-electron chi connectivity index (χ1n) is 7.32. The first-order valence-corrected chi connectivity index (χ1v) is 8.48. The highest BCUT2D eigenvalue weighted by molar-refractivity contribution is 7.99. The van der Waals surface area contributed by atoms with Crippen molar-refractivity contribution in [3.63, 3.8) is 0 Å². The van der Waals surface area contributed by atoms with Gasteiger partial charge in [0, 0.05) is 30.1 Å². The maximum absolute atomic E-state index is 5.20. The van der Waals surface area contributed by atoms with Gasteiger partial charge in [-0.1, -0.05) is 12.1 Å². The Labute approximate surface area is 127 Å². The van der Waals surface area contributed by atoms with Crippen LogP contribution in [0.15, 0.2) is 24.3 Å². The molecule has 112 valence electrons. The number of nitrogens with one attached hydrogen (secondary N) is 1. The zero-order valence-corrected chi connectivity index (χ0v) is 13.6. The molecule has 0 amide bonds. The first-order chi connectivity index (χ1) is 9.74. The second-order valence-electron chi connectivity index (χ2n) is 5.40. The zero-order valence-electron chi connectivity index (χ0n) is 12.8. The van der Waals surface area contributed by atoms with Crippen LogP contribution in [0.4, 0.5) is 0 Å². The average molecular weight is 294 g/mol. The van der Waals surface area contributed by atoms with Gasteiger partial charge in [0.1, 0.15) is 5.75 Å². The highest BCUT2D eigenvalue weighted by Gasteiger charge is 2.26. The van der Waals surface area contributed by atoms with Crippen LogP contribution >= 0.6 is 11.8 Å². The molecule has 0 spiro atoms. The van der Waals surface area contributed by atoms with Gasteiger partial charge in [-0.05, 0) is 44.6 Å². The molecule has 0 aromatic heterocycles. The lowest BCUT2D eigenvalue weighted by molar-refractivity contribution is 0.214. The summed E-state index contributed by atoms with van der Waals surface area (Å²) in [4.78, 5) is 2.51. The van der Waals surface area contributed by atoms with Crippen molar-refractivity contribution in [1.29, 1.82) is 0 Å². The molecule has 1 fully saturated rings. The number of methoxy groups -OCH3 is 1. The number of nitrogens with zero attached hydrogens (tertiary/aromatic N) is 1. The molecule has 0 radical (unpaired) electrons. The fraction of sp³-hybridized carbons (Fsp3) is 0.625. The van der Waals surface area contributed by atoms with Crippen molar-refractivity contribution in [1.82, 2.24) is 10.2 Å². The molecule has 0 aliphatic carbocycles. The first kappa shape index (κ1) is 15.7. The highest BCUT2D eigenvalue weighted by Crippen LogP contribution is 2.20. The van der Waals surface area contributed by atoms with Crippen LogP contribution in [0.2, 0.25) is 0 Å². The Morgan fingerprint density at radius 2 is 2.15 bits per heavy atom. The maximum Gasteiger partial charge on any atom is 0.118 e. The number of likely N-dealkylation sites (N-methyl/N-ethyl adjacent to an activating group) is 2. The van der Waals surface area contributed by atoms with E-state index in [1.807, 2.05) is 12.1 Å². The molecule has 1 heterocycles. The third kappa shape index (κ3) is 4.14. The van der Waals surface area contributed by atoms with E-state index >= 15 is 0 Å². The summed E-state index contributed by atoms with van der Waals surface area (Å²) in [5, 5.41) is 3.52. The summed E-state index contributed by atoms with van der Waals surface area (Å²) in [6.45, 7) is 1.20. The van der Waals surface area contributed by atoms with Crippen LogP contribution in [0.3, 0.4) is 0 Å². The topological polar surface area (TPSA) is 24.5 Å². The molecular weight excluding hydrogens is 268 g/mol. The third-order valence-electron chi connectivity index (χ3n) is 4.18. The standard InChI is InChI=1S/C16H26N2OS/c1-17-15(16-12-20-11-10-18(16)2)9-6-13-4-7-14(19-3)8-5-13/h4-5,7-8,15-17H,6,9-12H2,1-3H3. The molecule has 2 rings (SSSR count). The van der Waals surface area contributed by atoms with Gasteiger partial charge in [-0.25, -0.2) is 0 Å². The van der Waals surface area contributed by atoms with Crippen molar-refractivity contribution < 1.29 is 4.74 Å². The normalized spacial score (nSPS) is 21.6. The van der Waals surface area contributed by atoms with Crippen molar-refractivity contribution in [2.24, 2.45) is 0 Å². The Bertz CT molecular complexity index is 396.